The van der Waals surface area contributed by atoms with Gasteiger partial charge in [0.05, 0.1) is 16.9 Å². The van der Waals surface area contributed by atoms with Gasteiger partial charge < -0.3 is 10.8 Å². The van der Waals surface area contributed by atoms with E-state index in [-0.39, 0.29) is 5.56 Å². The van der Waals surface area contributed by atoms with Gasteiger partial charge in [0.1, 0.15) is 0 Å². The minimum absolute atomic E-state index is 0.180. The molecular weight excluding hydrogens is 230 g/mol. The molecule has 0 aliphatic rings. The summed E-state index contributed by atoms with van der Waals surface area (Å²) in [6, 6.07) is 13.2. The maximum Gasteiger partial charge on any atom is 0.335 e. The van der Waals surface area contributed by atoms with Gasteiger partial charge in [-0.3, -0.25) is 0 Å². The minimum Gasteiger partial charge on any atom is -0.478 e. The smallest absolute Gasteiger partial charge is 0.335 e. The van der Waals surface area contributed by atoms with E-state index in [0.29, 0.717) is 17.1 Å². The number of benzene rings is 2. The number of nitrogen functional groups attached to an aromatic ring is 1. The first-order valence-electron chi connectivity index (χ1n) is 5.26. The molecule has 0 aromatic heterocycles. The van der Waals surface area contributed by atoms with Crippen molar-refractivity contribution < 1.29 is 9.90 Å². The van der Waals surface area contributed by atoms with Gasteiger partial charge in [-0.05, 0) is 36.4 Å². The van der Waals surface area contributed by atoms with E-state index in [1.54, 1.807) is 36.4 Å². The average molecular weight is 241 g/mol. The highest BCUT2D eigenvalue weighted by Gasteiger charge is 2.02. The van der Waals surface area contributed by atoms with Crippen LogP contribution in [0.15, 0.2) is 58.8 Å². The molecule has 0 unspecified atom stereocenters. The molecule has 2 rings (SSSR count). The van der Waals surface area contributed by atoms with E-state index in [2.05, 4.69) is 10.2 Å². The van der Waals surface area contributed by atoms with Crippen LogP contribution in [-0.4, -0.2) is 11.1 Å². The molecule has 0 saturated carbocycles. The maximum absolute atomic E-state index is 10.8. The van der Waals surface area contributed by atoms with Gasteiger partial charge in [-0.1, -0.05) is 12.1 Å². The molecule has 3 N–H and O–H groups in total. The summed E-state index contributed by atoms with van der Waals surface area (Å²) in [5.74, 6) is -0.990. The van der Waals surface area contributed by atoms with Crippen molar-refractivity contribution in [1.82, 2.24) is 0 Å². The van der Waals surface area contributed by atoms with Crippen LogP contribution < -0.4 is 5.73 Å². The van der Waals surface area contributed by atoms with Crippen molar-refractivity contribution in [2.75, 3.05) is 5.73 Å². The molecule has 5 heteroatoms. The molecule has 0 fully saturated rings. The number of azo groups is 1. The fourth-order valence-electron chi connectivity index (χ4n) is 1.40. The van der Waals surface area contributed by atoms with Crippen LogP contribution in [0.3, 0.4) is 0 Å². The van der Waals surface area contributed by atoms with E-state index in [1.165, 1.54) is 12.1 Å². The molecule has 18 heavy (non-hydrogen) atoms. The summed E-state index contributed by atoms with van der Waals surface area (Å²) in [5, 5.41) is 16.8. The Labute approximate surface area is 104 Å². The fourth-order valence-corrected chi connectivity index (χ4v) is 1.40. The van der Waals surface area contributed by atoms with E-state index in [9.17, 15) is 4.79 Å². The van der Waals surface area contributed by atoms with Crippen molar-refractivity contribution in [3.8, 4) is 0 Å². The van der Waals surface area contributed by atoms with Gasteiger partial charge in [0.15, 0.2) is 0 Å². The molecule has 0 heterocycles. The van der Waals surface area contributed by atoms with E-state index in [0.717, 1.165) is 0 Å². The minimum atomic E-state index is -0.990. The molecule has 0 radical (unpaired) electrons. The van der Waals surface area contributed by atoms with Crippen LogP contribution >= 0.6 is 0 Å². The number of nitrogens with two attached hydrogens (primary N) is 1. The van der Waals surface area contributed by atoms with Crippen molar-refractivity contribution in [1.29, 1.82) is 0 Å². The Kier molecular flexibility index (Phi) is 3.33. The number of nitrogens with zero attached hydrogens (tertiary/aromatic N) is 2. The highest BCUT2D eigenvalue weighted by Crippen LogP contribution is 2.20. The third kappa shape index (κ3) is 2.91. The van der Waals surface area contributed by atoms with E-state index in [1.807, 2.05) is 0 Å². The molecule has 0 bridgehead atoms. The Morgan fingerprint density at radius 1 is 1.00 bits per heavy atom. The quantitative estimate of drug-likeness (QED) is 0.637. The van der Waals surface area contributed by atoms with Crippen LogP contribution in [0.5, 0.6) is 0 Å². The first-order chi connectivity index (χ1) is 8.65. The third-order valence-electron chi connectivity index (χ3n) is 2.24. The number of hydrogen-bond donors (Lipinski definition) is 2. The SMILES string of the molecule is Nc1cccc(/N=N/c2cccc(C(=O)O)c2)c1. The van der Waals surface area contributed by atoms with Gasteiger partial charge >= 0.3 is 5.97 Å². The molecule has 0 aliphatic carbocycles. The number of hydrogen-bond acceptors (Lipinski definition) is 4. The predicted octanol–water partition coefficient (Wildman–Crippen LogP) is 3.38. The third-order valence-corrected chi connectivity index (χ3v) is 2.24. The van der Waals surface area contributed by atoms with Crippen LogP contribution in [-0.2, 0) is 0 Å². The number of aromatic carboxylic acids is 1. The van der Waals surface area contributed by atoms with Crippen LogP contribution in [0, 0.1) is 0 Å². The monoisotopic (exact) mass is 241 g/mol. The molecule has 2 aromatic carbocycles. The molecule has 0 spiro atoms. The second-order valence-corrected chi connectivity index (χ2v) is 3.65. The fraction of sp³-hybridized carbons (Fsp3) is 0. The summed E-state index contributed by atoms with van der Waals surface area (Å²) in [7, 11) is 0. The summed E-state index contributed by atoms with van der Waals surface area (Å²) in [6.45, 7) is 0. The Morgan fingerprint density at radius 3 is 2.22 bits per heavy atom. The van der Waals surface area contributed by atoms with Gasteiger partial charge in [0.25, 0.3) is 0 Å². The summed E-state index contributed by atoms with van der Waals surface area (Å²) in [5.41, 5.74) is 7.50. The van der Waals surface area contributed by atoms with Crippen LogP contribution in [0.1, 0.15) is 10.4 Å². The van der Waals surface area contributed by atoms with Gasteiger partial charge in [0, 0.05) is 5.69 Å². The number of carbonyl (C=O) groups is 1. The summed E-state index contributed by atoms with van der Waals surface area (Å²) in [4.78, 5) is 10.8. The summed E-state index contributed by atoms with van der Waals surface area (Å²) >= 11 is 0. The van der Waals surface area contributed by atoms with E-state index >= 15 is 0 Å². The molecule has 5 nitrogen and oxygen atoms in total. The van der Waals surface area contributed by atoms with Crippen LogP contribution in [0.2, 0.25) is 0 Å². The molecular formula is C13H11N3O2. The average Bonchev–Trinajstić information content (AvgIpc) is 2.37. The molecule has 2 aromatic rings. The van der Waals surface area contributed by atoms with Gasteiger partial charge in [-0.25, -0.2) is 4.79 Å². The first kappa shape index (κ1) is 11.8. The van der Waals surface area contributed by atoms with E-state index in [4.69, 9.17) is 10.8 Å². The molecule has 0 amide bonds. The summed E-state index contributed by atoms with van der Waals surface area (Å²) < 4.78 is 0. The lowest BCUT2D eigenvalue weighted by Crippen LogP contribution is -1.94. The second kappa shape index (κ2) is 5.09. The van der Waals surface area contributed by atoms with Crippen molar-refractivity contribution in [3.05, 3.63) is 54.1 Å². The number of carboxylic acids is 1. The topological polar surface area (TPSA) is 88.0 Å². The normalized spacial score (nSPS) is 10.7. The maximum atomic E-state index is 10.8. The highest BCUT2D eigenvalue weighted by molar-refractivity contribution is 5.88. The Bertz CT molecular complexity index is 609. The van der Waals surface area contributed by atoms with Crippen LogP contribution in [0.25, 0.3) is 0 Å². The zero-order chi connectivity index (χ0) is 13.0. The second-order valence-electron chi connectivity index (χ2n) is 3.65. The van der Waals surface area contributed by atoms with Gasteiger partial charge in [0.2, 0.25) is 0 Å². The van der Waals surface area contributed by atoms with Crippen molar-refractivity contribution in [2.45, 2.75) is 0 Å². The molecule has 90 valence electrons. The Balaban J connectivity index is 2.23. The van der Waals surface area contributed by atoms with Crippen molar-refractivity contribution in [2.24, 2.45) is 10.2 Å². The van der Waals surface area contributed by atoms with Crippen molar-refractivity contribution in [3.63, 3.8) is 0 Å². The van der Waals surface area contributed by atoms with Crippen molar-refractivity contribution >= 4 is 23.0 Å². The van der Waals surface area contributed by atoms with Gasteiger partial charge in [-0.15, -0.1) is 0 Å². The first-order valence-corrected chi connectivity index (χ1v) is 5.26. The zero-order valence-electron chi connectivity index (χ0n) is 9.45. The van der Waals surface area contributed by atoms with Gasteiger partial charge in [-0.2, -0.15) is 10.2 Å². The van der Waals surface area contributed by atoms with Crippen LogP contribution in [0.4, 0.5) is 17.1 Å². The molecule has 0 atom stereocenters. The zero-order valence-corrected chi connectivity index (χ0v) is 9.45. The lowest BCUT2D eigenvalue weighted by molar-refractivity contribution is 0.0697. The molecule has 0 saturated heterocycles. The largest absolute Gasteiger partial charge is 0.478 e. The predicted molar refractivity (Wildman–Crippen MR) is 68.4 cm³/mol. The lowest BCUT2D eigenvalue weighted by atomic mass is 10.2. The number of anilines is 1. The summed E-state index contributed by atoms with van der Waals surface area (Å²) in [6.07, 6.45) is 0. The standard InChI is InChI=1S/C13H11N3O2/c14-10-4-2-6-12(8-10)16-15-11-5-1-3-9(7-11)13(17)18/h1-8H,14H2,(H,17,18)/b16-15+. The highest BCUT2D eigenvalue weighted by atomic mass is 16.4. The molecule has 0 aliphatic heterocycles. The number of rotatable bonds is 3. The Hall–Kier alpha value is -2.69. The number of carboxylic acid groups (broad SMARTS) is 1. The lowest BCUT2D eigenvalue weighted by Gasteiger charge is -1.97. The Morgan fingerprint density at radius 2 is 1.61 bits per heavy atom. The van der Waals surface area contributed by atoms with E-state index < -0.39 is 5.97 Å².